The lowest BCUT2D eigenvalue weighted by Gasteiger charge is -2.29. The van der Waals surface area contributed by atoms with Crippen molar-refractivity contribution < 1.29 is 19.2 Å². The van der Waals surface area contributed by atoms with Crippen LogP contribution in [0.1, 0.15) is 51.3 Å². The van der Waals surface area contributed by atoms with Crippen LogP contribution in [-0.2, 0) is 19.8 Å². The Morgan fingerprint density at radius 1 is 0.833 bits per heavy atom. The zero-order chi connectivity index (χ0) is 25.4. The van der Waals surface area contributed by atoms with Crippen molar-refractivity contribution in [1.29, 1.82) is 0 Å². The number of hydrogen-bond donors (Lipinski definition) is 0. The number of rotatable bonds is 6. The van der Waals surface area contributed by atoms with Crippen LogP contribution >= 0.6 is 0 Å². The van der Waals surface area contributed by atoms with Gasteiger partial charge in [0.15, 0.2) is 6.10 Å². The van der Waals surface area contributed by atoms with Crippen LogP contribution in [0, 0.1) is 5.92 Å². The van der Waals surface area contributed by atoms with E-state index in [4.69, 9.17) is 9.57 Å². The Labute approximate surface area is 212 Å². The van der Waals surface area contributed by atoms with Gasteiger partial charge in [0.1, 0.15) is 11.7 Å². The van der Waals surface area contributed by atoms with Crippen molar-refractivity contribution in [2.45, 2.75) is 51.7 Å². The van der Waals surface area contributed by atoms with Crippen LogP contribution in [-0.4, -0.2) is 24.5 Å². The van der Waals surface area contributed by atoms with Crippen molar-refractivity contribution in [2.75, 3.05) is 16.6 Å². The van der Waals surface area contributed by atoms with Gasteiger partial charge in [0.25, 0.3) is 5.91 Å². The molecular weight excluding hydrogens is 452 g/mol. The highest BCUT2D eigenvalue weighted by Gasteiger charge is 2.60. The Hall–Kier alpha value is -3.64. The topological polar surface area (TPSA) is 59.1 Å². The van der Waals surface area contributed by atoms with E-state index in [1.807, 2.05) is 49.4 Å². The molecule has 0 aromatic heterocycles. The summed E-state index contributed by atoms with van der Waals surface area (Å²) in [6.07, 6.45) is 0.0164. The van der Waals surface area contributed by atoms with E-state index in [0.29, 0.717) is 18.0 Å². The van der Waals surface area contributed by atoms with Crippen molar-refractivity contribution >= 4 is 23.2 Å². The third-order valence-electron chi connectivity index (χ3n) is 6.81. The number of carbonyl (C=O) groups is 2. The molecule has 36 heavy (non-hydrogen) atoms. The first-order valence-corrected chi connectivity index (χ1v) is 12.5. The van der Waals surface area contributed by atoms with E-state index < -0.39 is 18.1 Å². The van der Waals surface area contributed by atoms with Crippen molar-refractivity contribution in [2.24, 2.45) is 5.92 Å². The zero-order valence-corrected chi connectivity index (χ0v) is 21.2. The van der Waals surface area contributed by atoms with E-state index in [1.165, 1.54) is 10.5 Å². The van der Waals surface area contributed by atoms with Gasteiger partial charge in [0.2, 0.25) is 5.91 Å². The maximum Gasteiger partial charge on any atom is 0.266 e. The highest BCUT2D eigenvalue weighted by molar-refractivity contribution is 6.23. The molecule has 5 rings (SSSR count). The second-order valence-corrected chi connectivity index (χ2v) is 10.4. The standard InChI is InChI=1S/C30H32N2O4/c1-5-19-35-24-17-15-22(16-18-24)31-28(33)25-26(20-11-13-21(14-12-20)30(2,3)4)32(36-27(25)29(31)34)23-9-7-6-8-10-23/h6-18,25-27H,5,19H2,1-4H3/t25-,26+,27-/m1/s1. The van der Waals surface area contributed by atoms with Crippen LogP contribution < -0.4 is 14.7 Å². The van der Waals surface area contributed by atoms with Gasteiger partial charge < -0.3 is 4.74 Å². The lowest BCUT2D eigenvalue weighted by molar-refractivity contribution is -0.126. The summed E-state index contributed by atoms with van der Waals surface area (Å²) >= 11 is 0. The maximum atomic E-state index is 13.8. The van der Waals surface area contributed by atoms with E-state index in [2.05, 4.69) is 32.9 Å². The minimum Gasteiger partial charge on any atom is -0.494 e. The number of anilines is 2. The largest absolute Gasteiger partial charge is 0.494 e. The number of amides is 2. The molecule has 2 heterocycles. The summed E-state index contributed by atoms with van der Waals surface area (Å²) in [5.74, 6) is -0.546. The molecule has 2 saturated heterocycles. The molecule has 2 fully saturated rings. The van der Waals surface area contributed by atoms with Crippen molar-refractivity contribution in [3.8, 4) is 5.75 Å². The smallest absolute Gasteiger partial charge is 0.266 e. The molecule has 2 amide bonds. The predicted molar refractivity (Wildman–Crippen MR) is 140 cm³/mol. The van der Waals surface area contributed by atoms with Gasteiger partial charge in [0, 0.05) is 0 Å². The quantitative estimate of drug-likeness (QED) is 0.413. The Bertz CT molecular complexity index is 1230. The van der Waals surface area contributed by atoms with Crippen LogP contribution in [0.15, 0.2) is 78.9 Å². The molecule has 0 bridgehead atoms. The molecule has 0 aliphatic carbocycles. The SMILES string of the molecule is CCCOc1ccc(N2C(=O)[C@H]3[C@@H](ON(c4ccccc4)[C@H]3c3ccc(C(C)(C)C)cc3)C2=O)cc1. The first-order valence-electron chi connectivity index (χ1n) is 12.5. The minimum absolute atomic E-state index is 0.00923. The third-order valence-corrected chi connectivity index (χ3v) is 6.81. The summed E-state index contributed by atoms with van der Waals surface area (Å²) in [5, 5.41) is 1.73. The summed E-state index contributed by atoms with van der Waals surface area (Å²) in [6.45, 7) is 9.16. The Morgan fingerprint density at radius 2 is 1.50 bits per heavy atom. The highest BCUT2D eigenvalue weighted by atomic mass is 16.7. The first-order chi connectivity index (χ1) is 17.3. The lowest BCUT2D eigenvalue weighted by Crippen LogP contribution is -2.37. The Morgan fingerprint density at radius 3 is 2.11 bits per heavy atom. The summed E-state index contributed by atoms with van der Waals surface area (Å²) in [6, 6.07) is 24.6. The number of hydrogen-bond acceptors (Lipinski definition) is 5. The number of para-hydroxylation sites is 1. The average Bonchev–Trinajstić information content (AvgIpc) is 3.39. The molecule has 3 aromatic carbocycles. The molecule has 0 radical (unpaired) electrons. The number of fused-ring (bicyclic) bond motifs is 1. The molecule has 6 heteroatoms. The predicted octanol–water partition coefficient (Wildman–Crippen LogP) is 5.82. The molecule has 186 valence electrons. The highest BCUT2D eigenvalue weighted by Crippen LogP contribution is 2.47. The molecule has 6 nitrogen and oxygen atoms in total. The van der Waals surface area contributed by atoms with E-state index >= 15 is 0 Å². The van der Waals surface area contributed by atoms with Crippen molar-refractivity contribution in [1.82, 2.24) is 0 Å². The van der Waals surface area contributed by atoms with Gasteiger partial charge >= 0.3 is 0 Å². The monoisotopic (exact) mass is 484 g/mol. The summed E-state index contributed by atoms with van der Waals surface area (Å²) in [5.41, 5.74) is 3.48. The normalized spacial score (nSPS) is 21.7. The molecule has 3 atom stereocenters. The fourth-order valence-electron chi connectivity index (χ4n) is 4.90. The van der Waals surface area contributed by atoms with Crippen LogP contribution in [0.5, 0.6) is 5.75 Å². The number of nitrogens with zero attached hydrogens (tertiary/aromatic N) is 2. The molecule has 2 aliphatic heterocycles. The number of benzene rings is 3. The average molecular weight is 485 g/mol. The Kier molecular flexibility index (Phi) is 6.31. The number of hydroxylamine groups is 1. The minimum atomic E-state index is -0.888. The summed E-state index contributed by atoms with van der Waals surface area (Å²) in [4.78, 5) is 34.8. The van der Waals surface area contributed by atoms with Crippen molar-refractivity contribution in [3.05, 3.63) is 90.0 Å². The molecule has 0 unspecified atom stereocenters. The second-order valence-electron chi connectivity index (χ2n) is 10.4. The number of ether oxygens (including phenoxy) is 1. The number of carbonyl (C=O) groups excluding carboxylic acids is 2. The molecule has 0 spiro atoms. The van der Waals surface area contributed by atoms with Gasteiger partial charge in [-0.2, -0.15) is 0 Å². The van der Waals surface area contributed by atoms with Gasteiger partial charge in [-0.3, -0.25) is 14.4 Å². The van der Waals surface area contributed by atoms with E-state index in [0.717, 1.165) is 17.7 Å². The van der Waals surface area contributed by atoms with Crippen LogP contribution in [0.25, 0.3) is 0 Å². The fraction of sp³-hybridized carbons (Fsp3) is 0.333. The van der Waals surface area contributed by atoms with Gasteiger partial charge in [0.05, 0.1) is 24.0 Å². The lowest BCUT2D eigenvalue weighted by atomic mass is 9.84. The third kappa shape index (κ3) is 4.26. The number of imide groups is 1. The van der Waals surface area contributed by atoms with Gasteiger partial charge in [-0.1, -0.05) is 70.2 Å². The van der Waals surface area contributed by atoms with Gasteiger partial charge in [-0.15, -0.1) is 0 Å². The van der Waals surface area contributed by atoms with E-state index in [-0.39, 0.29) is 17.2 Å². The maximum absolute atomic E-state index is 13.8. The Balaban J connectivity index is 1.50. The van der Waals surface area contributed by atoms with Crippen LogP contribution in [0.4, 0.5) is 11.4 Å². The second kappa shape index (κ2) is 9.43. The molecule has 0 N–H and O–H groups in total. The van der Waals surface area contributed by atoms with Crippen LogP contribution in [0.3, 0.4) is 0 Å². The molecule has 3 aromatic rings. The van der Waals surface area contributed by atoms with E-state index in [1.54, 1.807) is 29.3 Å². The van der Waals surface area contributed by atoms with Gasteiger partial charge in [-0.05, 0) is 59.4 Å². The summed E-state index contributed by atoms with van der Waals surface area (Å²) in [7, 11) is 0. The molecule has 2 aliphatic rings. The zero-order valence-electron chi connectivity index (χ0n) is 21.2. The van der Waals surface area contributed by atoms with Crippen LogP contribution in [0.2, 0.25) is 0 Å². The molecular formula is C30H32N2O4. The van der Waals surface area contributed by atoms with Gasteiger partial charge in [-0.25, -0.2) is 9.96 Å². The fourth-order valence-corrected chi connectivity index (χ4v) is 4.90. The van der Waals surface area contributed by atoms with E-state index in [9.17, 15) is 9.59 Å². The summed E-state index contributed by atoms with van der Waals surface area (Å²) < 4.78 is 5.65. The molecule has 0 saturated carbocycles. The first kappa shape index (κ1) is 24.1. The van der Waals surface area contributed by atoms with Crippen molar-refractivity contribution in [3.63, 3.8) is 0 Å².